The normalized spacial score (nSPS) is 20.0. The van der Waals surface area contributed by atoms with Crippen LogP contribution in [0.4, 0.5) is 0 Å². The number of nitrogens with zero attached hydrogens (tertiary/aromatic N) is 3. The molecule has 0 saturated carbocycles. The second kappa shape index (κ2) is 7.45. The molecule has 0 spiro atoms. The summed E-state index contributed by atoms with van der Waals surface area (Å²) in [4.78, 5) is 16.3. The molecule has 8 nitrogen and oxygen atoms in total. The summed E-state index contributed by atoms with van der Waals surface area (Å²) in [7, 11) is -3.32. The van der Waals surface area contributed by atoms with Crippen LogP contribution < -0.4 is 0 Å². The van der Waals surface area contributed by atoms with Crippen molar-refractivity contribution in [3.05, 3.63) is 23.7 Å². The summed E-state index contributed by atoms with van der Waals surface area (Å²) in [5.41, 5.74) is 0.540. The maximum atomic E-state index is 12.4. The van der Waals surface area contributed by atoms with E-state index in [1.54, 1.807) is 17.9 Å². The van der Waals surface area contributed by atoms with Gasteiger partial charge >= 0.3 is 0 Å². The number of likely N-dealkylation sites (tertiary alicyclic amines) is 1. The molecular weight excluding hydrogens is 346 g/mol. The van der Waals surface area contributed by atoms with Crippen LogP contribution in [0.15, 0.2) is 16.7 Å². The van der Waals surface area contributed by atoms with E-state index in [0.29, 0.717) is 50.7 Å². The van der Waals surface area contributed by atoms with Crippen LogP contribution in [-0.2, 0) is 14.8 Å². The Morgan fingerprint density at radius 2 is 2.00 bits per heavy atom. The Balaban J connectivity index is 1.56. The first kappa shape index (κ1) is 18.4. The van der Waals surface area contributed by atoms with Crippen molar-refractivity contribution in [1.29, 1.82) is 0 Å². The Bertz CT molecular complexity index is 705. The number of furan rings is 1. The molecule has 140 valence electrons. The number of carbonyl (C=O) groups is 1. The predicted molar refractivity (Wildman–Crippen MR) is 91.9 cm³/mol. The number of aryl methyl sites for hydroxylation is 1. The van der Waals surface area contributed by atoms with Gasteiger partial charge in [0.25, 0.3) is 5.91 Å². The molecule has 1 aromatic rings. The minimum Gasteiger partial charge on any atom is -0.469 e. The predicted octanol–water partition coefficient (Wildman–Crippen LogP) is 0.00622. The fraction of sp³-hybridized carbons (Fsp3) is 0.688. The van der Waals surface area contributed by atoms with Gasteiger partial charge in [-0.15, -0.1) is 0 Å². The highest BCUT2D eigenvalue weighted by Crippen LogP contribution is 2.22. The van der Waals surface area contributed by atoms with Gasteiger partial charge in [0.15, 0.2) is 0 Å². The van der Waals surface area contributed by atoms with Gasteiger partial charge in [0.05, 0.1) is 37.3 Å². The molecule has 2 saturated heterocycles. The van der Waals surface area contributed by atoms with Crippen LogP contribution in [0.2, 0.25) is 0 Å². The van der Waals surface area contributed by atoms with E-state index in [1.807, 2.05) is 0 Å². The van der Waals surface area contributed by atoms with E-state index < -0.39 is 10.0 Å². The van der Waals surface area contributed by atoms with E-state index in [9.17, 15) is 13.2 Å². The molecule has 0 atom stereocenters. The van der Waals surface area contributed by atoms with Gasteiger partial charge in [-0.05, 0) is 13.0 Å². The van der Waals surface area contributed by atoms with Crippen LogP contribution in [0, 0.1) is 6.92 Å². The second-order valence-corrected chi connectivity index (χ2v) is 8.52. The lowest BCUT2D eigenvalue weighted by atomic mass is 10.1. The number of hydrogen-bond acceptors (Lipinski definition) is 6. The summed E-state index contributed by atoms with van der Waals surface area (Å²) in [6, 6.07) is 1.49. The largest absolute Gasteiger partial charge is 0.469 e. The van der Waals surface area contributed by atoms with Gasteiger partial charge in [-0.2, -0.15) is 4.31 Å². The van der Waals surface area contributed by atoms with Crippen LogP contribution in [-0.4, -0.2) is 93.2 Å². The zero-order valence-electron chi connectivity index (χ0n) is 14.7. The average molecular weight is 371 g/mol. The lowest BCUT2D eigenvalue weighted by molar-refractivity contribution is 0.0269. The topological polar surface area (TPSA) is 83.3 Å². The van der Waals surface area contributed by atoms with E-state index in [1.165, 1.54) is 16.8 Å². The Labute approximate surface area is 148 Å². The molecule has 0 N–H and O–H groups in total. The van der Waals surface area contributed by atoms with Crippen molar-refractivity contribution in [3.8, 4) is 0 Å². The van der Waals surface area contributed by atoms with Crippen LogP contribution in [0.1, 0.15) is 16.1 Å². The number of morpholine rings is 1. The highest BCUT2D eigenvalue weighted by molar-refractivity contribution is 7.88. The molecular formula is C16H25N3O5S. The molecule has 3 heterocycles. The van der Waals surface area contributed by atoms with E-state index >= 15 is 0 Å². The fourth-order valence-corrected chi connectivity index (χ4v) is 4.35. The first-order valence-corrected chi connectivity index (χ1v) is 10.3. The van der Waals surface area contributed by atoms with Gasteiger partial charge in [-0.3, -0.25) is 9.69 Å². The molecule has 1 aromatic heterocycles. The molecule has 2 aliphatic heterocycles. The lowest BCUT2D eigenvalue weighted by Crippen LogP contribution is -2.63. The number of carbonyl (C=O) groups excluding carboxylic acids is 1. The van der Waals surface area contributed by atoms with Crippen LogP contribution in [0.5, 0.6) is 0 Å². The van der Waals surface area contributed by atoms with E-state index in [0.717, 1.165) is 13.1 Å². The third kappa shape index (κ3) is 4.22. The van der Waals surface area contributed by atoms with Crippen LogP contribution >= 0.6 is 0 Å². The molecule has 0 radical (unpaired) electrons. The van der Waals surface area contributed by atoms with Crippen molar-refractivity contribution in [1.82, 2.24) is 14.1 Å². The minimum absolute atomic E-state index is 0.107. The standard InChI is InChI=1S/C16H25N3O5S/c1-13-15(3-8-24-13)16(20)18-11-14(12-18)19(25(2,21)22)5-4-17-6-9-23-10-7-17/h3,8,14H,4-7,9-12H2,1-2H3. The van der Waals surface area contributed by atoms with Crippen LogP contribution in [0.3, 0.4) is 0 Å². The molecule has 25 heavy (non-hydrogen) atoms. The lowest BCUT2D eigenvalue weighted by Gasteiger charge is -2.44. The maximum absolute atomic E-state index is 12.4. The van der Waals surface area contributed by atoms with Crippen molar-refractivity contribution in [2.24, 2.45) is 0 Å². The molecule has 0 bridgehead atoms. The molecule has 1 amide bonds. The van der Waals surface area contributed by atoms with Crippen molar-refractivity contribution >= 4 is 15.9 Å². The monoisotopic (exact) mass is 371 g/mol. The summed E-state index contributed by atoms with van der Waals surface area (Å²) < 4.78 is 36.3. The number of ether oxygens (including phenoxy) is 1. The van der Waals surface area contributed by atoms with Gasteiger partial charge in [0.2, 0.25) is 10.0 Å². The Hall–Kier alpha value is -1.42. The Morgan fingerprint density at radius 3 is 2.56 bits per heavy atom. The summed E-state index contributed by atoms with van der Waals surface area (Å²) in [6.45, 7) is 6.73. The third-order valence-electron chi connectivity index (χ3n) is 4.81. The highest BCUT2D eigenvalue weighted by Gasteiger charge is 2.39. The second-order valence-electron chi connectivity index (χ2n) is 6.58. The maximum Gasteiger partial charge on any atom is 0.257 e. The first-order valence-electron chi connectivity index (χ1n) is 8.46. The number of rotatable bonds is 6. The Kier molecular flexibility index (Phi) is 5.47. The van der Waals surface area contributed by atoms with Crippen LogP contribution in [0.25, 0.3) is 0 Å². The summed E-state index contributed by atoms with van der Waals surface area (Å²) in [5.74, 6) is 0.477. The van der Waals surface area contributed by atoms with E-state index in [2.05, 4.69) is 4.90 Å². The number of amides is 1. The average Bonchev–Trinajstić information content (AvgIpc) is 2.94. The highest BCUT2D eigenvalue weighted by atomic mass is 32.2. The molecule has 0 aliphatic carbocycles. The molecule has 9 heteroatoms. The minimum atomic E-state index is -3.32. The van der Waals surface area contributed by atoms with Gasteiger partial charge in [-0.25, -0.2) is 8.42 Å². The summed E-state index contributed by atoms with van der Waals surface area (Å²) in [5, 5.41) is 0. The molecule has 0 unspecified atom stereocenters. The molecule has 0 aromatic carbocycles. The third-order valence-corrected chi connectivity index (χ3v) is 6.14. The fourth-order valence-electron chi connectivity index (χ4n) is 3.26. The van der Waals surface area contributed by atoms with Gasteiger partial charge in [-0.1, -0.05) is 0 Å². The van der Waals surface area contributed by atoms with Gasteiger partial charge < -0.3 is 14.1 Å². The van der Waals surface area contributed by atoms with Crippen molar-refractivity contribution in [2.45, 2.75) is 13.0 Å². The van der Waals surface area contributed by atoms with Gasteiger partial charge in [0.1, 0.15) is 5.76 Å². The van der Waals surface area contributed by atoms with Crippen molar-refractivity contribution in [3.63, 3.8) is 0 Å². The van der Waals surface area contributed by atoms with E-state index in [4.69, 9.17) is 9.15 Å². The first-order chi connectivity index (χ1) is 11.9. The SMILES string of the molecule is Cc1occc1C(=O)N1CC(N(CCN2CCOCC2)S(C)(=O)=O)C1. The quantitative estimate of drug-likeness (QED) is 0.700. The summed E-state index contributed by atoms with van der Waals surface area (Å²) in [6.07, 6.45) is 2.72. The van der Waals surface area contributed by atoms with Gasteiger partial charge in [0, 0.05) is 39.3 Å². The zero-order chi connectivity index (χ0) is 18.0. The smallest absolute Gasteiger partial charge is 0.257 e. The van der Waals surface area contributed by atoms with Crippen molar-refractivity contribution in [2.75, 3.05) is 58.7 Å². The molecule has 3 rings (SSSR count). The summed E-state index contributed by atoms with van der Waals surface area (Å²) >= 11 is 0. The van der Waals surface area contributed by atoms with E-state index in [-0.39, 0.29) is 11.9 Å². The molecule has 2 fully saturated rings. The zero-order valence-corrected chi connectivity index (χ0v) is 15.5. The van der Waals surface area contributed by atoms with Crippen molar-refractivity contribution < 1.29 is 22.4 Å². The Morgan fingerprint density at radius 1 is 1.32 bits per heavy atom. The number of hydrogen-bond donors (Lipinski definition) is 0. The molecule has 2 aliphatic rings. The number of sulfonamides is 1.